The van der Waals surface area contributed by atoms with Crippen LogP contribution in [-0.2, 0) is 17.9 Å². The number of fused-ring (bicyclic) bond motifs is 1. The molecule has 0 saturated heterocycles. The second kappa shape index (κ2) is 11.2. The van der Waals surface area contributed by atoms with Gasteiger partial charge in [-0.25, -0.2) is 4.79 Å². The van der Waals surface area contributed by atoms with E-state index in [9.17, 15) is 9.59 Å². The predicted octanol–water partition coefficient (Wildman–Crippen LogP) is 5.91. The number of carbonyl (C=O) groups excluding carboxylic acids is 2. The smallest absolute Gasteiger partial charge is 0.322 e. The number of amides is 3. The van der Waals surface area contributed by atoms with Crippen LogP contribution in [0.5, 0.6) is 0 Å². The van der Waals surface area contributed by atoms with Gasteiger partial charge in [0.25, 0.3) is 0 Å². The number of anilines is 1. The van der Waals surface area contributed by atoms with Crippen LogP contribution in [0.2, 0.25) is 0 Å². The highest BCUT2D eigenvalue weighted by atomic mass is 16.3. The summed E-state index contributed by atoms with van der Waals surface area (Å²) < 4.78 is 5.48. The number of urea groups is 1. The summed E-state index contributed by atoms with van der Waals surface area (Å²) in [6.07, 6.45) is 2.34. The third-order valence-corrected chi connectivity index (χ3v) is 5.63. The average molecular weight is 456 g/mol. The second-order valence-electron chi connectivity index (χ2n) is 8.19. The first-order chi connectivity index (χ1) is 16.6. The van der Waals surface area contributed by atoms with Gasteiger partial charge in [0.15, 0.2) is 0 Å². The summed E-state index contributed by atoms with van der Waals surface area (Å²) in [5.41, 5.74) is 1.75. The highest BCUT2D eigenvalue weighted by Gasteiger charge is 2.22. The molecule has 0 radical (unpaired) electrons. The Balaban J connectivity index is 1.50. The molecule has 0 fully saturated rings. The van der Waals surface area contributed by atoms with Gasteiger partial charge in [-0.15, -0.1) is 0 Å². The molecule has 1 heterocycles. The molecule has 34 heavy (non-hydrogen) atoms. The van der Waals surface area contributed by atoms with Gasteiger partial charge in [-0.1, -0.05) is 73.7 Å². The van der Waals surface area contributed by atoms with Crippen LogP contribution in [0.3, 0.4) is 0 Å². The van der Waals surface area contributed by atoms with E-state index in [2.05, 4.69) is 5.32 Å². The summed E-state index contributed by atoms with van der Waals surface area (Å²) in [6.45, 7) is 3.23. The van der Waals surface area contributed by atoms with E-state index in [4.69, 9.17) is 4.42 Å². The molecular weight excluding hydrogens is 426 g/mol. The van der Waals surface area contributed by atoms with Crippen LogP contribution in [0.15, 0.2) is 95.6 Å². The summed E-state index contributed by atoms with van der Waals surface area (Å²) in [5.74, 6) is 0.563. The summed E-state index contributed by atoms with van der Waals surface area (Å²) in [5, 5.41) is 5.02. The van der Waals surface area contributed by atoms with Gasteiger partial charge >= 0.3 is 6.03 Å². The maximum Gasteiger partial charge on any atom is 0.322 e. The molecule has 6 heteroatoms. The molecule has 0 aliphatic rings. The van der Waals surface area contributed by atoms with Gasteiger partial charge in [0.2, 0.25) is 5.91 Å². The standard InChI is InChI=1S/C28H29N3O3/c1-2-17-30(28(33)29-26-16-8-13-23-12-6-7-15-25(23)26)21-27(32)31(20-24-14-9-18-34-24)19-22-10-4-3-5-11-22/h3-16,18H,2,17,19-21H2,1H3,(H,29,33). The lowest BCUT2D eigenvalue weighted by atomic mass is 10.1. The minimum Gasteiger partial charge on any atom is -0.467 e. The van der Waals surface area contributed by atoms with Crippen molar-refractivity contribution in [1.82, 2.24) is 9.80 Å². The lowest BCUT2D eigenvalue weighted by Gasteiger charge is -2.27. The fourth-order valence-corrected chi connectivity index (χ4v) is 3.94. The third-order valence-electron chi connectivity index (χ3n) is 5.63. The number of rotatable bonds is 9. The molecule has 1 aromatic heterocycles. The van der Waals surface area contributed by atoms with E-state index in [0.717, 1.165) is 28.4 Å². The van der Waals surface area contributed by atoms with E-state index in [-0.39, 0.29) is 18.5 Å². The fraction of sp³-hybridized carbons (Fsp3) is 0.214. The highest BCUT2D eigenvalue weighted by Crippen LogP contribution is 2.23. The minimum absolute atomic E-state index is 0.0159. The zero-order valence-electron chi connectivity index (χ0n) is 19.3. The Bertz CT molecular complexity index is 1220. The van der Waals surface area contributed by atoms with Crippen LogP contribution in [0, 0.1) is 0 Å². The third kappa shape index (κ3) is 5.84. The average Bonchev–Trinajstić information content (AvgIpc) is 3.37. The van der Waals surface area contributed by atoms with E-state index in [0.29, 0.717) is 25.4 Å². The van der Waals surface area contributed by atoms with Gasteiger partial charge in [0.1, 0.15) is 12.3 Å². The van der Waals surface area contributed by atoms with Crippen LogP contribution in [0.25, 0.3) is 10.8 Å². The molecule has 0 saturated carbocycles. The van der Waals surface area contributed by atoms with Crippen molar-refractivity contribution in [2.24, 2.45) is 0 Å². The Hall–Kier alpha value is -4.06. The first kappa shape index (κ1) is 23.1. The minimum atomic E-state index is -0.288. The van der Waals surface area contributed by atoms with Crippen LogP contribution in [0.4, 0.5) is 10.5 Å². The topological polar surface area (TPSA) is 65.8 Å². The molecular formula is C28H29N3O3. The van der Waals surface area contributed by atoms with Crippen molar-refractivity contribution in [2.75, 3.05) is 18.4 Å². The molecule has 6 nitrogen and oxygen atoms in total. The summed E-state index contributed by atoms with van der Waals surface area (Å²) in [6, 6.07) is 26.9. The van der Waals surface area contributed by atoms with E-state index in [1.165, 1.54) is 0 Å². The van der Waals surface area contributed by atoms with Gasteiger partial charge in [0.05, 0.1) is 18.5 Å². The molecule has 0 aliphatic carbocycles. The van der Waals surface area contributed by atoms with Crippen molar-refractivity contribution in [3.8, 4) is 0 Å². The van der Waals surface area contributed by atoms with Crippen molar-refractivity contribution in [1.29, 1.82) is 0 Å². The number of nitrogens with zero attached hydrogens (tertiary/aromatic N) is 2. The van der Waals surface area contributed by atoms with Gasteiger partial charge in [0, 0.05) is 18.5 Å². The predicted molar refractivity (Wildman–Crippen MR) is 134 cm³/mol. The number of carbonyl (C=O) groups is 2. The van der Waals surface area contributed by atoms with Crippen LogP contribution in [-0.4, -0.2) is 34.8 Å². The molecule has 3 amide bonds. The lowest BCUT2D eigenvalue weighted by molar-refractivity contribution is -0.133. The Labute approximate surface area is 199 Å². The molecule has 0 unspecified atom stereocenters. The quantitative estimate of drug-likeness (QED) is 0.341. The zero-order valence-corrected chi connectivity index (χ0v) is 19.3. The first-order valence-corrected chi connectivity index (χ1v) is 11.5. The zero-order chi connectivity index (χ0) is 23.8. The monoisotopic (exact) mass is 455 g/mol. The molecule has 1 N–H and O–H groups in total. The number of furan rings is 1. The lowest BCUT2D eigenvalue weighted by Crippen LogP contribution is -2.44. The molecule has 3 aromatic carbocycles. The molecule has 4 rings (SSSR count). The molecule has 0 aliphatic heterocycles. The number of benzene rings is 3. The summed E-state index contributed by atoms with van der Waals surface area (Å²) >= 11 is 0. The van der Waals surface area contributed by atoms with Crippen LogP contribution in [0.1, 0.15) is 24.7 Å². The van der Waals surface area contributed by atoms with Gasteiger partial charge in [-0.2, -0.15) is 0 Å². The number of nitrogens with one attached hydrogen (secondary N) is 1. The largest absolute Gasteiger partial charge is 0.467 e. The second-order valence-corrected chi connectivity index (χ2v) is 8.19. The fourth-order valence-electron chi connectivity index (χ4n) is 3.94. The Morgan fingerprint density at radius 1 is 0.824 bits per heavy atom. The Morgan fingerprint density at radius 3 is 2.35 bits per heavy atom. The highest BCUT2D eigenvalue weighted by molar-refractivity contribution is 6.02. The molecule has 0 bridgehead atoms. The Morgan fingerprint density at radius 2 is 1.59 bits per heavy atom. The van der Waals surface area contributed by atoms with Gasteiger partial charge in [-0.05, 0) is 35.6 Å². The van der Waals surface area contributed by atoms with Crippen molar-refractivity contribution in [3.63, 3.8) is 0 Å². The van der Waals surface area contributed by atoms with E-state index in [1.54, 1.807) is 16.1 Å². The van der Waals surface area contributed by atoms with Crippen molar-refractivity contribution in [2.45, 2.75) is 26.4 Å². The van der Waals surface area contributed by atoms with E-state index >= 15 is 0 Å². The number of hydrogen-bond acceptors (Lipinski definition) is 3. The molecule has 0 spiro atoms. The van der Waals surface area contributed by atoms with Crippen molar-refractivity contribution < 1.29 is 14.0 Å². The van der Waals surface area contributed by atoms with E-state index < -0.39 is 0 Å². The van der Waals surface area contributed by atoms with Crippen LogP contribution < -0.4 is 5.32 Å². The SMILES string of the molecule is CCCN(CC(=O)N(Cc1ccccc1)Cc1ccco1)C(=O)Nc1cccc2ccccc12. The maximum absolute atomic E-state index is 13.4. The molecule has 174 valence electrons. The summed E-state index contributed by atoms with van der Waals surface area (Å²) in [7, 11) is 0. The van der Waals surface area contributed by atoms with Crippen molar-refractivity contribution in [3.05, 3.63) is 103 Å². The molecule has 4 aromatic rings. The van der Waals surface area contributed by atoms with Gasteiger partial charge < -0.3 is 19.5 Å². The van der Waals surface area contributed by atoms with Gasteiger partial charge in [-0.3, -0.25) is 4.79 Å². The van der Waals surface area contributed by atoms with Crippen LogP contribution >= 0.6 is 0 Å². The number of hydrogen-bond donors (Lipinski definition) is 1. The first-order valence-electron chi connectivity index (χ1n) is 11.5. The maximum atomic E-state index is 13.4. The normalized spacial score (nSPS) is 10.7. The molecule has 0 atom stereocenters. The van der Waals surface area contributed by atoms with E-state index in [1.807, 2.05) is 91.9 Å². The Kier molecular flexibility index (Phi) is 7.60. The summed E-state index contributed by atoms with van der Waals surface area (Å²) in [4.78, 5) is 29.9. The van der Waals surface area contributed by atoms with Crippen molar-refractivity contribution >= 4 is 28.4 Å².